The van der Waals surface area contributed by atoms with Gasteiger partial charge in [0.05, 0.1) is 13.7 Å². The van der Waals surface area contributed by atoms with Gasteiger partial charge >= 0.3 is 0 Å². The monoisotopic (exact) mass is 419 g/mol. The number of ether oxygens (including phenoxy) is 1. The Labute approximate surface area is 144 Å². The Morgan fingerprint density at radius 3 is 2.81 bits per heavy atom. The van der Waals surface area contributed by atoms with Crippen molar-refractivity contribution in [2.75, 3.05) is 12.4 Å². The van der Waals surface area contributed by atoms with Gasteiger partial charge in [-0.1, -0.05) is 24.3 Å². The second-order valence-corrected chi connectivity index (χ2v) is 5.15. The van der Waals surface area contributed by atoms with Crippen LogP contribution in [0.25, 0.3) is 0 Å². The lowest BCUT2D eigenvalue weighted by atomic mass is 10.3. The van der Waals surface area contributed by atoms with Gasteiger partial charge in [-0.2, -0.15) is 0 Å². The molecule has 0 radical (unpaired) electrons. The molecule has 0 unspecified atom stereocenters. The molecule has 0 aliphatic heterocycles. The quantitative estimate of drug-likeness (QED) is 0.442. The Morgan fingerprint density at radius 2 is 2.14 bits per heavy atom. The molecule has 1 heterocycles. The summed E-state index contributed by atoms with van der Waals surface area (Å²) in [5.74, 6) is 1.10. The molecule has 0 saturated carbocycles. The molecule has 0 aliphatic rings. The highest BCUT2D eigenvalue weighted by Crippen LogP contribution is 2.16. The molecule has 0 amide bonds. The van der Waals surface area contributed by atoms with Crippen molar-refractivity contribution in [3.63, 3.8) is 0 Å². The molecule has 0 spiro atoms. The van der Waals surface area contributed by atoms with Crippen LogP contribution in [0, 0.1) is 0 Å². The molecule has 3 N–H and O–H groups in total. The van der Waals surface area contributed by atoms with Crippen LogP contribution in [-0.4, -0.2) is 23.3 Å². The molecule has 0 bridgehead atoms. The fourth-order valence-electron chi connectivity index (χ4n) is 1.54. The molecule has 2 rings (SSSR count). The van der Waals surface area contributed by atoms with Crippen LogP contribution >= 0.6 is 35.3 Å². The number of hydrogen-bond donors (Lipinski definition) is 2. The summed E-state index contributed by atoms with van der Waals surface area (Å²) in [4.78, 5) is 4.24. The van der Waals surface area contributed by atoms with Gasteiger partial charge in [0.1, 0.15) is 15.8 Å². The first-order valence-corrected chi connectivity index (χ1v) is 7.05. The number of guanidine groups is 1. The summed E-state index contributed by atoms with van der Waals surface area (Å²) in [5.41, 5.74) is 6.67. The maximum Gasteiger partial charge on any atom is 0.193 e. The number of benzene rings is 1. The molecule has 1 aromatic heterocycles. The van der Waals surface area contributed by atoms with Gasteiger partial charge in [0.25, 0.3) is 0 Å². The van der Waals surface area contributed by atoms with Gasteiger partial charge in [-0.25, -0.2) is 4.99 Å². The zero-order valence-electron chi connectivity index (χ0n) is 11.9. The van der Waals surface area contributed by atoms with E-state index in [1.54, 1.807) is 18.4 Å². The highest BCUT2D eigenvalue weighted by molar-refractivity contribution is 14.0. The van der Waals surface area contributed by atoms with Crippen LogP contribution in [0.3, 0.4) is 0 Å². The molecule has 0 aliphatic carbocycles. The molecule has 1 aromatic carbocycles. The van der Waals surface area contributed by atoms with E-state index in [2.05, 4.69) is 20.5 Å². The molecular formula is C13H18IN5OS. The molecule has 114 valence electrons. The van der Waals surface area contributed by atoms with E-state index in [0.717, 1.165) is 27.9 Å². The minimum Gasteiger partial charge on any atom is -0.497 e. The van der Waals surface area contributed by atoms with Crippen molar-refractivity contribution in [2.24, 2.45) is 10.7 Å². The highest BCUT2D eigenvalue weighted by Gasteiger charge is 2.02. The van der Waals surface area contributed by atoms with Crippen molar-refractivity contribution in [1.82, 2.24) is 10.2 Å². The number of nitrogens with one attached hydrogen (secondary N) is 1. The van der Waals surface area contributed by atoms with Crippen LogP contribution in [0.5, 0.6) is 5.75 Å². The van der Waals surface area contributed by atoms with Crippen LogP contribution in [0.1, 0.15) is 16.9 Å². The Morgan fingerprint density at radius 1 is 1.38 bits per heavy atom. The summed E-state index contributed by atoms with van der Waals surface area (Å²) in [6.45, 7) is 2.48. The summed E-state index contributed by atoms with van der Waals surface area (Å²) in [6.07, 6.45) is 0.888. The maximum absolute atomic E-state index is 5.84. The predicted molar refractivity (Wildman–Crippen MR) is 96.6 cm³/mol. The molecule has 8 heteroatoms. The average Bonchev–Trinajstić information content (AvgIpc) is 2.93. The predicted octanol–water partition coefficient (Wildman–Crippen LogP) is 2.65. The number of rotatable bonds is 5. The molecular weight excluding hydrogens is 401 g/mol. The molecule has 0 saturated heterocycles. The second kappa shape index (κ2) is 8.78. The van der Waals surface area contributed by atoms with E-state index >= 15 is 0 Å². The van der Waals surface area contributed by atoms with Gasteiger partial charge < -0.3 is 15.8 Å². The molecule has 0 atom stereocenters. The second-order valence-electron chi connectivity index (χ2n) is 4.00. The smallest absolute Gasteiger partial charge is 0.193 e. The average molecular weight is 419 g/mol. The SMILES string of the molecule is CCc1nnc(CN=C(N)Nc2cccc(OC)c2)s1.I. The third-order valence-electron chi connectivity index (χ3n) is 2.54. The minimum absolute atomic E-state index is 0. The lowest BCUT2D eigenvalue weighted by molar-refractivity contribution is 0.415. The number of anilines is 1. The largest absolute Gasteiger partial charge is 0.497 e. The lowest BCUT2D eigenvalue weighted by Crippen LogP contribution is -2.22. The Kier molecular flexibility index (Phi) is 7.37. The fourth-order valence-corrected chi connectivity index (χ4v) is 2.24. The first kappa shape index (κ1) is 17.6. The van der Waals surface area contributed by atoms with Crippen LogP contribution in [0.2, 0.25) is 0 Å². The van der Waals surface area contributed by atoms with Crippen molar-refractivity contribution in [2.45, 2.75) is 19.9 Å². The molecule has 2 aromatic rings. The van der Waals surface area contributed by atoms with Gasteiger partial charge in [-0.15, -0.1) is 34.2 Å². The zero-order valence-corrected chi connectivity index (χ0v) is 15.0. The third-order valence-corrected chi connectivity index (χ3v) is 3.59. The van der Waals surface area contributed by atoms with Crippen molar-refractivity contribution in [3.8, 4) is 5.75 Å². The van der Waals surface area contributed by atoms with E-state index in [0.29, 0.717) is 12.5 Å². The topological polar surface area (TPSA) is 85.4 Å². The van der Waals surface area contributed by atoms with Gasteiger partial charge in [0.15, 0.2) is 5.96 Å². The third kappa shape index (κ3) is 5.46. The van der Waals surface area contributed by atoms with Crippen LogP contribution < -0.4 is 15.8 Å². The number of nitrogens with two attached hydrogens (primary N) is 1. The minimum atomic E-state index is 0. The molecule has 6 nitrogen and oxygen atoms in total. The Hall–Kier alpha value is -1.42. The number of aryl methyl sites for hydroxylation is 1. The van der Waals surface area contributed by atoms with E-state index in [1.165, 1.54) is 0 Å². The van der Waals surface area contributed by atoms with E-state index in [9.17, 15) is 0 Å². The molecule has 0 fully saturated rings. The van der Waals surface area contributed by atoms with Gasteiger partial charge in [0.2, 0.25) is 0 Å². The number of nitrogens with zero attached hydrogens (tertiary/aromatic N) is 3. The number of aromatic nitrogens is 2. The van der Waals surface area contributed by atoms with Crippen LogP contribution in [0.15, 0.2) is 29.3 Å². The lowest BCUT2D eigenvalue weighted by Gasteiger charge is -2.06. The van der Waals surface area contributed by atoms with Crippen molar-refractivity contribution in [3.05, 3.63) is 34.3 Å². The van der Waals surface area contributed by atoms with Gasteiger partial charge in [-0.05, 0) is 18.6 Å². The highest BCUT2D eigenvalue weighted by atomic mass is 127. The summed E-state index contributed by atoms with van der Waals surface area (Å²) in [7, 11) is 1.62. The number of hydrogen-bond acceptors (Lipinski definition) is 5. The maximum atomic E-state index is 5.84. The van der Waals surface area contributed by atoms with Crippen molar-refractivity contribution in [1.29, 1.82) is 0 Å². The first-order valence-electron chi connectivity index (χ1n) is 6.23. The van der Waals surface area contributed by atoms with Gasteiger partial charge in [-0.3, -0.25) is 0 Å². The van der Waals surface area contributed by atoms with Crippen molar-refractivity contribution < 1.29 is 4.74 Å². The summed E-state index contributed by atoms with van der Waals surface area (Å²) >= 11 is 1.55. The zero-order chi connectivity index (χ0) is 14.4. The van der Waals surface area contributed by atoms with E-state index < -0.39 is 0 Å². The van der Waals surface area contributed by atoms with E-state index in [-0.39, 0.29) is 24.0 Å². The number of aliphatic imine (C=N–C) groups is 1. The van der Waals surface area contributed by atoms with E-state index in [4.69, 9.17) is 10.5 Å². The van der Waals surface area contributed by atoms with Gasteiger partial charge in [0, 0.05) is 11.8 Å². The number of halogens is 1. The van der Waals surface area contributed by atoms with E-state index in [1.807, 2.05) is 31.2 Å². The summed E-state index contributed by atoms with van der Waals surface area (Å²) < 4.78 is 5.14. The standard InChI is InChI=1S/C13H17N5OS.HI/c1-3-11-17-18-12(20-11)8-15-13(14)16-9-5-4-6-10(7-9)19-2;/h4-7H,3,8H2,1-2H3,(H3,14,15,16);1H. The van der Waals surface area contributed by atoms with Crippen LogP contribution in [0.4, 0.5) is 5.69 Å². The number of methoxy groups -OCH3 is 1. The molecule has 21 heavy (non-hydrogen) atoms. The summed E-state index contributed by atoms with van der Waals surface area (Å²) in [6, 6.07) is 7.49. The Balaban J connectivity index is 0.00000220. The van der Waals surface area contributed by atoms with Crippen LogP contribution in [-0.2, 0) is 13.0 Å². The normalized spacial score (nSPS) is 10.9. The van der Waals surface area contributed by atoms with Crippen molar-refractivity contribution >= 4 is 47.0 Å². The first-order chi connectivity index (χ1) is 9.71. The fraction of sp³-hybridized carbons (Fsp3) is 0.308. The Bertz CT molecular complexity index is 602. The summed E-state index contributed by atoms with van der Waals surface area (Å²) in [5, 5.41) is 13.0.